The fourth-order valence-electron chi connectivity index (χ4n) is 1.95. The highest BCUT2D eigenvalue weighted by Crippen LogP contribution is 2.12. The fourth-order valence-corrected chi connectivity index (χ4v) is 1.95. The van der Waals surface area contributed by atoms with Crippen molar-refractivity contribution >= 4 is 23.4 Å². The molecule has 3 N–H and O–H groups in total. The van der Waals surface area contributed by atoms with Gasteiger partial charge < -0.3 is 11.1 Å². The van der Waals surface area contributed by atoms with Gasteiger partial charge >= 0.3 is 0 Å². The van der Waals surface area contributed by atoms with E-state index in [9.17, 15) is 13.6 Å². The van der Waals surface area contributed by atoms with Gasteiger partial charge in [0.15, 0.2) is 0 Å². The van der Waals surface area contributed by atoms with Crippen molar-refractivity contribution in [2.75, 3.05) is 11.1 Å². The summed E-state index contributed by atoms with van der Waals surface area (Å²) in [6.45, 7) is 0. The number of halogens is 2. The first-order valence-electron chi connectivity index (χ1n) is 7.85. The highest BCUT2D eigenvalue weighted by atomic mass is 19.1. The molecule has 5 heteroatoms. The van der Waals surface area contributed by atoms with E-state index in [-0.39, 0.29) is 23.1 Å². The number of para-hydroxylation sites is 2. The predicted molar refractivity (Wildman–Crippen MR) is 101 cm³/mol. The third-order valence-electron chi connectivity index (χ3n) is 3.26. The quantitative estimate of drug-likeness (QED) is 0.521. The molecule has 0 spiro atoms. The van der Waals surface area contributed by atoms with Gasteiger partial charge in [-0.1, -0.05) is 54.6 Å². The molecule has 3 nitrogen and oxygen atoms in total. The summed E-state index contributed by atoms with van der Waals surface area (Å²) in [4.78, 5) is 11.6. The van der Waals surface area contributed by atoms with Gasteiger partial charge in [-0.2, -0.15) is 0 Å². The molecule has 0 aliphatic carbocycles. The number of carbonyl (C=O) groups is 1. The minimum Gasteiger partial charge on any atom is -0.396 e. The van der Waals surface area contributed by atoms with E-state index < -0.39 is 5.82 Å². The lowest BCUT2D eigenvalue weighted by molar-refractivity contribution is -0.111. The monoisotopic (exact) mass is 352 g/mol. The molecule has 0 bridgehead atoms. The third kappa shape index (κ3) is 6.20. The van der Waals surface area contributed by atoms with Crippen molar-refractivity contribution in [3.63, 3.8) is 0 Å². The Balaban J connectivity index is 0.000000254. The number of hydrogen-bond acceptors (Lipinski definition) is 2. The molecule has 0 aromatic heterocycles. The van der Waals surface area contributed by atoms with Gasteiger partial charge in [0.05, 0.1) is 11.4 Å². The molecule has 3 aromatic rings. The molecule has 3 rings (SSSR count). The summed E-state index contributed by atoms with van der Waals surface area (Å²) in [6.07, 6.45) is 3.05. The third-order valence-corrected chi connectivity index (χ3v) is 3.26. The van der Waals surface area contributed by atoms with E-state index in [1.165, 1.54) is 30.3 Å². The molecular weight excluding hydrogens is 334 g/mol. The summed E-state index contributed by atoms with van der Waals surface area (Å²) in [5.41, 5.74) is 6.44. The van der Waals surface area contributed by atoms with Gasteiger partial charge in [0.25, 0.3) is 0 Å². The molecule has 0 saturated heterocycles. The van der Waals surface area contributed by atoms with Crippen molar-refractivity contribution in [3.8, 4) is 0 Å². The highest BCUT2D eigenvalue weighted by molar-refractivity contribution is 6.01. The second-order valence-electron chi connectivity index (χ2n) is 5.23. The maximum atomic E-state index is 13.3. The summed E-state index contributed by atoms with van der Waals surface area (Å²) >= 11 is 0. The van der Waals surface area contributed by atoms with Crippen molar-refractivity contribution in [1.82, 2.24) is 0 Å². The van der Waals surface area contributed by atoms with Crippen molar-refractivity contribution < 1.29 is 13.6 Å². The average molecular weight is 352 g/mol. The SMILES string of the molecule is Nc1ccccc1F.O=C(/C=C/c1ccccc1)Nc1ccccc1F. The second-order valence-corrected chi connectivity index (χ2v) is 5.23. The van der Waals surface area contributed by atoms with Crippen LogP contribution in [0.25, 0.3) is 6.08 Å². The van der Waals surface area contributed by atoms with Crippen LogP contribution in [0, 0.1) is 11.6 Å². The summed E-state index contributed by atoms with van der Waals surface area (Å²) in [5, 5.41) is 2.48. The van der Waals surface area contributed by atoms with E-state index in [1.807, 2.05) is 30.3 Å². The molecule has 0 heterocycles. The molecule has 1 amide bonds. The van der Waals surface area contributed by atoms with Gasteiger partial charge in [0.1, 0.15) is 11.6 Å². The van der Waals surface area contributed by atoms with Crippen LogP contribution in [-0.2, 0) is 4.79 Å². The zero-order valence-corrected chi connectivity index (χ0v) is 13.9. The Bertz CT molecular complexity index is 859. The zero-order valence-electron chi connectivity index (χ0n) is 13.9. The van der Waals surface area contributed by atoms with E-state index in [2.05, 4.69) is 5.32 Å². The van der Waals surface area contributed by atoms with E-state index in [0.29, 0.717) is 0 Å². The van der Waals surface area contributed by atoms with Gasteiger partial charge in [-0.3, -0.25) is 4.79 Å². The zero-order chi connectivity index (χ0) is 18.8. The standard InChI is InChI=1S/C15H12FNO.C6H6FN/c16-13-8-4-5-9-14(13)17-15(18)11-10-12-6-2-1-3-7-12;7-5-3-1-2-4-6(5)8/h1-11H,(H,17,18);1-4H,8H2/b11-10+;. The van der Waals surface area contributed by atoms with Crippen molar-refractivity contribution in [3.05, 3.63) is 102 Å². The van der Waals surface area contributed by atoms with E-state index in [1.54, 1.807) is 30.3 Å². The van der Waals surface area contributed by atoms with Crippen molar-refractivity contribution in [2.24, 2.45) is 0 Å². The first-order chi connectivity index (χ1) is 12.6. The molecule has 0 unspecified atom stereocenters. The van der Waals surface area contributed by atoms with Crippen LogP contribution in [-0.4, -0.2) is 5.91 Å². The molecule has 0 saturated carbocycles. The molecule has 0 aliphatic heterocycles. The van der Waals surface area contributed by atoms with E-state index in [4.69, 9.17) is 5.73 Å². The number of rotatable bonds is 3. The van der Waals surface area contributed by atoms with Crippen LogP contribution in [0.1, 0.15) is 5.56 Å². The average Bonchev–Trinajstić information content (AvgIpc) is 2.66. The predicted octanol–water partition coefficient (Wildman–Crippen LogP) is 4.89. The number of hydrogen-bond donors (Lipinski definition) is 2. The first-order valence-corrected chi connectivity index (χ1v) is 7.85. The van der Waals surface area contributed by atoms with Gasteiger partial charge in [-0.05, 0) is 35.9 Å². The smallest absolute Gasteiger partial charge is 0.248 e. The van der Waals surface area contributed by atoms with E-state index >= 15 is 0 Å². The number of nitrogens with two attached hydrogens (primary N) is 1. The van der Waals surface area contributed by atoms with Crippen LogP contribution < -0.4 is 11.1 Å². The van der Waals surface area contributed by atoms with Crippen LogP contribution in [0.4, 0.5) is 20.2 Å². The number of benzene rings is 3. The number of amides is 1. The second kappa shape index (κ2) is 9.74. The molecule has 0 fully saturated rings. The lowest BCUT2D eigenvalue weighted by Crippen LogP contribution is -2.08. The van der Waals surface area contributed by atoms with Crippen molar-refractivity contribution in [2.45, 2.75) is 0 Å². The van der Waals surface area contributed by atoms with Crippen molar-refractivity contribution in [1.29, 1.82) is 0 Å². The summed E-state index contributed by atoms with van der Waals surface area (Å²) in [7, 11) is 0. The Labute approximate surface area is 150 Å². The maximum absolute atomic E-state index is 13.3. The molecule has 3 aromatic carbocycles. The molecule has 26 heavy (non-hydrogen) atoms. The van der Waals surface area contributed by atoms with Crippen LogP contribution in [0.3, 0.4) is 0 Å². The lowest BCUT2D eigenvalue weighted by Gasteiger charge is -2.02. The number of nitrogen functional groups attached to an aromatic ring is 1. The normalized spacial score (nSPS) is 10.1. The van der Waals surface area contributed by atoms with Crippen LogP contribution in [0.2, 0.25) is 0 Å². The lowest BCUT2D eigenvalue weighted by atomic mass is 10.2. The minimum atomic E-state index is -0.445. The highest BCUT2D eigenvalue weighted by Gasteiger charge is 2.02. The Hall–Kier alpha value is -3.47. The Morgan fingerprint density at radius 1 is 0.808 bits per heavy atom. The fraction of sp³-hybridized carbons (Fsp3) is 0. The van der Waals surface area contributed by atoms with E-state index in [0.717, 1.165) is 5.56 Å². The molecule has 132 valence electrons. The van der Waals surface area contributed by atoms with Gasteiger partial charge in [0.2, 0.25) is 5.91 Å². The Morgan fingerprint density at radius 3 is 1.96 bits per heavy atom. The molecular formula is C21H18F2N2O. The van der Waals surface area contributed by atoms with Crippen LogP contribution in [0.15, 0.2) is 84.9 Å². The minimum absolute atomic E-state index is 0.181. The summed E-state index contributed by atoms with van der Waals surface area (Å²) in [5.74, 6) is -1.16. The Morgan fingerprint density at radius 2 is 1.38 bits per heavy atom. The number of carbonyl (C=O) groups excluding carboxylic acids is 1. The van der Waals surface area contributed by atoms with Gasteiger partial charge in [-0.15, -0.1) is 0 Å². The molecule has 0 aliphatic rings. The summed E-state index contributed by atoms with van der Waals surface area (Å²) < 4.78 is 25.5. The molecule has 0 radical (unpaired) electrons. The maximum Gasteiger partial charge on any atom is 0.248 e. The number of anilines is 2. The summed E-state index contributed by atoms with van der Waals surface area (Å²) in [6, 6.07) is 21.6. The number of nitrogens with one attached hydrogen (secondary N) is 1. The van der Waals surface area contributed by atoms with Crippen LogP contribution >= 0.6 is 0 Å². The topological polar surface area (TPSA) is 55.1 Å². The van der Waals surface area contributed by atoms with Crippen LogP contribution in [0.5, 0.6) is 0 Å². The largest absolute Gasteiger partial charge is 0.396 e. The van der Waals surface area contributed by atoms with Gasteiger partial charge in [0, 0.05) is 6.08 Å². The first kappa shape index (κ1) is 18.9. The molecule has 0 atom stereocenters. The Kier molecular flexibility index (Phi) is 7.06. The van der Waals surface area contributed by atoms with Gasteiger partial charge in [-0.25, -0.2) is 8.78 Å².